The molecule has 1 aromatic rings. The summed E-state index contributed by atoms with van der Waals surface area (Å²) in [4.78, 5) is 29.1. The number of nitrogens with one attached hydrogen (secondary N) is 1. The first-order valence-corrected chi connectivity index (χ1v) is 8.95. The van der Waals surface area contributed by atoms with Gasteiger partial charge in [0.25, 0.3) is 0 Å². The number of aromatic nitrogens is 1. The number of pyridine rings is 1. The third-order valence-corrected chi connectivity index (χ3v) is 4.93. The molecule has 1 aromatic heterocycles. The third-order valence-electron chi connectivity index (χ3n) is 4.93. The van der Waals surface area contributed by atoms with Crippen LogP contribution in [0.25, 0.3) is 0 Å². The van der Waals surface area contributed by atoms with Crippen LogP contribution in [0.2, 0.25) is 0 Å². The molecule has 0 aromatic carbocycles. The highest BCUT2D eigenvalue weighted by Gasteiger charge is 2.22. The molecular weight excluding hydrogens is 322 g/mol. The lowest BCUT2D eigenvalue weighted by Gasteiger charge is -2.32. The van der Waals surface area contributed by atoms with Gasteiger partial charge in [-0.3, -0.25) is 4.79 Å². The first-order valence-electron chi connectivity index (χ1n) is 8.95. The predicted molar refractivity (Wildman–Crippen MR) is 93.0 cm³/mol. The Morgan fingerprint density at radius 3 is 2.48 bits per heavy atom. The number of aromatic carboxylic acids is 1. The first-order chi connectivity index (χ1) is 12.0. The van der Waals surface area contributed by atoms with E-state index in [1.807, 2.05) is 4.90 Å². The molecule has 2 heterocycles. The zero-order valence-corrected chi connectivity index (χ0v) is 14.5. The molecule has 0 spiro atoms. The van der Waals surface area contributed by atoms with Crippen molar-refractivity contribution in [3.63, 3.8) is 0 Å². The van der Waals surface area contributed by atoms with Crippen molar-refractivity contribution in [3.8, 4) is 5.88 Å². The quantitative estimate of drug-likeness (QED) is 0.850. The molecule has 3 rings (SSSR count). The third kappa shape index (κ3) is 4.61. The number of anilines is 1. The number of carboxylic acids is 1. The first kappa shape index (κ1) is 17.5. The fourth-order valence-electron chi connectivity index (χ4n) is 3.49. The number of nitrogens with zero attached hydrogens (tertiary/aromatic N) is 2. The van der Waals surface area contributed by atoms with Crippen LogP contribution in [0, 0.1) is 0 Å². The number of carbonyl (C=O) groups excluding carboxylic acids is 1. The number of carbonyl (C=O) groups is 2. The molecule has 2 fully saturated rings. The fourth-order valence-corrected chi connectivity index (χ4v) is 3.49. The van der Waals surface area contributed by atoms with Gasteiger partial charge in [-0.15, -0.1) is 0 Å². The molecule has 1 amide bonds. The fraction of sp³-hybridized carbons (Fsp3) is 0.611. The second kappa shape index (κ2) is 7.72. The van der Waals surface area contributed by atoms with E-state index in [0.29, 0.717) is 24.8 Å². The summed E-state index contributed by atoms with van der Waals surface area (Å²) in [6.45, 7) is 2.99. The van der Waals surface area contributed by atoms with Crippen molar-refractivity contribution in [2.45, 2.75) is 57.6 Å². The zero-order chi connectivity index (χ0) is 17.8. The molecule has 0 atom stereocenters. The van der Waals surface area contributed by atoms with E-state index in [-0.39, 0.29) is 23.6 Å². The summed E-state index contributed by atoms with van der Waals surface area (Å²) < 4.78 is 5.88. The van der Waals surface area contributed by atoms with Crippen LogP contribution < -0.4 is 10.1 Å². The van der Waals surface area contributed by atoms with E-state index < -0.39 is 5.97 Å². The molecule has 0 unspecified atom stereocenters. The summed E-state index contributed by atoms with van der Waals surface area (Å²) in [6.07, 6.45) is 6.03. The predicted octanol–water partition coefficient (Wildman–Crippen LogP) is 2.52. The minimum atomic E-state index is -0.992. The lowest BCUT2D eigenvalue weighted by molar-refractivity contribution is -0.129. The number of amides is 1. The Hall–Kier alpha value is -2.31. The lowest BCUT2D eigenvalue weighted by Crippen LogP contribution is -2.41. The van der Waals surface area contributed by atoms with Gasteiger partial charge in [-0.25, -0.2) is 4.79 Å². The SMILES string of the molecule is CC(=O)N1CCC(Nc2cc(C(=O)O)cc(OC3CCCC3)n2)CC1. The number of ether oxygens (including phenoxy) is 1. The summed E-state index contributed by atoms with van der Waals surface area (Å²) in [5, 5.41) is 12.6. The molecule has 2 aliphatic rings. The maximum absolute atomic E-state index is 11.4. The van der Waals surface area contributed by atoms with E-state index in [4.69, 9.17) is 4.74 Å². The average Bonchev–Trinajstić information content (AvgIpc) is 3.08. The number of carboxylic acid groups (broad SMARTS) is 1. The smallest absolute Gasteiger partial charge is 0.336 e. The Kier molecular flexibility index (Phi) is 5.40. The van der Waals surface area contributed by atoms with Gasteiger partial charge < -0.3 is 20.1 Å². The highest BCUT2D eigenvalue weighted by molar-refractivity contribution is 5.88. The van der Waals surface area contributed by atoms with Crippen molar-refractivity contribution in [3.05, 3.63) is 17.7 Å². The second-order valence-corrected chi connectivity index (χ2v) is 6.83. The van der Waals surface area contributed by atoms with Crippen molar-refractivity contribution >= 4 is 17.7 Å². The van der Waals surface area contributed by atoms with Crippen molar-refractivity contribution < 1.29 is 19.4 Å². The number of piperidine rings is 1. The molecule has 1 saturated carbocycles. The number of hydrogen-bond donors (Lipinski definition) is 2. The Morgan fingerprint density at radius 1 is 1.20 bits per heavy atom. The normalized spacial score (nSPS) is 19.0. The minimum Gasteiger partial charge on any atom is -0.478 e. The van der Waals surface area contributed by atoms with Gasteiger partial charge >= 0.3 is 5.97 Å². The van der Waals surface area contributed by atoms with Gasteiger partial charge in [0.05, 0.1) is 5.56 Å². The van der Waals surface area contributed by atoms with E-state index >= 15 is 0 Å². The Balaban J connectivity index is 1.68. The standard InChI is InChI=1S/C18H25N3O4/c1-12(22)21-8-6-14(7-9-21)19-16-10-13(18(23)24)11-17(20-16)25-15-4-2-3-5-15/h10-11,14-15H,2-9H2,1H3,(H,19,20)(H,23,24). The molecule has 1 saturated heterocycles. The molecule has 7 heteroatoms. The molecule has 1 aliphatic carbocycles. The summed E-state index contributed by atoms with van der Waals surface area (Å²) in [6, 6.07) is 3.21. The molecule has 7 nitrogen and oxygen atoms in total. The topological polar surface area (TPSA) is 91.8 Å². The van der Waals surface area contributed by atoms with Gasteiger partial charge in [0.1, 0.15) is 11.9 Å². The number of hydrogen-bond acceptors (Lipinski definition) is 5. The molecule has 0 bridgehead atoms. The maximum Gasteiger partial charge on any atom is 0.336 e. The van der Waals surface area contributed by atoms with Crippen LogP contribution in [0.4, 0.5) is 5.82 Å². The van der Waals surface area contributed by atoms with Crippen LogP contribution in [0.15, 0.2) is 12.1 Å². The van der Waals surface area contributed by atoms with E-state index in [0.717, 1.165) is 38.5 Å². The largest absolute Gasteiger partial charge is 0.478 e. The Bertz CT molecular complexity index is 635. The van der Waals surface area contributed by atoms with Gasteiger partial charge in [0.15, 0.2) is 0 Å². The molecular formula is C18H25N3O4. The van der Waals surface area contributed by atoms with Gasteiger partial charge in [0, 0.05) is 32.1 Å². The van der Waals surface area contributed by atoms with Gasteiger partial charge in [-0.1, -0.05) is 0 Å². The maximum atomic E-state index is 11.4. The van der Waals surface area contributed by atoms with Gasteiger partial charge in [-0.05, 0) is 44.6 Å². The van der Waals surface area contributed by atoms with Gasteiger partial charge in [-0.2, -0.15) is 4.98 Å². The summed E-state index contributed by atoms with van der Waals surface area (Å²) in [7, 11) is 0. The van der Waals surface area contributed by atoms with Gasteiger partial charge in [0.2, 0.25) is 11.8 Å². The average molecular weight is 347 g/mol. The number of likely N-dealkylation sites (tertiary alicyclic amines) is 1. The summed E-state index contributed by atoms with van der Waals surface area (Å²) in [5.74, 6) is -0.00513. The highest BCUT2D eigenvalue weighted by atomic mass is 16.5. The minimum absolute atomic E-state index is 0.0942. The summed E-state index contributed by atoms with van der Waals surface area (Å²) >= 11 is 0. The zero-order valence-electron chi connectivity index (χ0n) is 14.5. The highest BCUT2D eigenvalue weighted by Crippen LogP contribution is 2.26. The van der Waals surface area contributed by atoms with Crippen LogP contribution >= 0.6 is 0 Å². The Labute approximate surface area is 147 Å². The molecule has 0 radical (unpaired) electrons. The van der Waals surface area contributed by atoms with E-state index in [9.17, 15) is 14.7 Å². The van der Waals surface area contributed by atoms with Crippen LogP contribution in [-0.2, 0) is 4.79 Å². The molecule has 2 N–H and O–H groups in total. The molecule has 136 valence electrons. The van der Waals surface area contributed by atoms with Crippen molar-refractivity contribution in [2.24, 2.45) is 0 Å². The monoisotopic (exact) mass is 347 g/mol. The Morgan fingerprint density at radius 2 is 1.88 bits per heavy atom. The second-order valence-electron chi connectivity index (χ2n) is 6.83. The van der Waals surface area contributed by atoms with Crippen LogP contribution in [0.5, 0.6) is 5.88 Å². The number of rotatable bonds is 5. The van der Waals surface area contributed by atoms with Crippen LogP contribution in [0.3, 0.4) is 0 Å². The van der Waals surface area contributed by atoms with Crippen molar-refractivity contribution in [1.29, 1.82) is 0 Å². The van der Waals surface area contributed by atoms with Crippen LogP contribution in [0.1, 0.15) is 55.8 Å². The van der Waals surface area contributed by atoms with E-state index in [1.54, 1.807) is 13.0 Å². The van der Waals surface area contributed by atoms with E-state index in [1.165, 1.54) is 6.07 Å². The summed E-state index contributed by atoms with van der Waals surface area (Å²) in [5.41, 5.74) is 0.173. The molecule has 1 aliphatic heterocycles. The van der Waals surface area contributed by atoms with E-state index in [2.05, 4.69) is 10.3 Å². The van der Waals surface area contributed by atoms with Crippen LogP contribution in [-0.4, -0.2) is 52.1 Å². The van der Waals surface area contributed by atoms with Crippen molar-refractivity contribution in [2.75, 3.05) is 18.4 Å². The van der Waals surface area contributed by atoms with Crippen molar-refractivity contribution in [1.82, 2.24) is 9.88 Å². The molecule has 25 heavy (non-hydrogen) atoms. The lowest BCUT2D eigenvalue weighted by atomic mass is 10.0.